The van der Waals surface area contributed by atoms with Crippen LogP contribution in [0.3, 0.4) is 0 Å². The van der Waals surface area contributed by atoms with Crippen molar-refractivity contribution in [3.8, 4) is 5.75 Å². The summed E-state index contributed by atoms with van der Waals surface area (Å²) in [6.07, 6.45) is 2.09. The molecule has 0 aromatic heterocycles. The Morgan fingerprint density at radius 1 is 1.36 bits per heavy atom. The largest absolute Gasteiger partial charge is 0.497 e. The van der Waals surface area contributed by atoms with Crippen molar-refractivity contribution in [2.45, 2.75) is 37.9 Å². The van der Waals surface area contributed by atoms with Gasteiger partial charge in [0.05, 0.1) is 39.0 Å². The summed E-state index contributed by atoms with van der Waals surface area (Å²) in [7, 11) is 1.62. The van der Waals surface area contributed by atoms with Gasteiger partial charge >= 0.3 is 0 Å². The third kappa shape index (κ3) is 3.66. The number of amides is 1. The van der Waals surface area contributed by atoms with E-state index < -0.39 is 0 Å². The Hall–Kier alpha value is -1.63. The summed E-state index contributed by atoms with van der Waals surface area (Å²) in [6, 6.07) is 7.57. The molecule has 1 saturated carbocycles. The molecule has 3 rings (SSSR count). The highest BCUT2D eigenvalue weighted by molar-refractivity contribution is 5.79. The normalized spacial score (nSPS) is 24.8. The van der Waals surface area contributed by atoms with Gasteiger partial charge < -0.3 is 24.6 Å². The number of rotatable bonds is 6. The van der Waals surface area contributed by atoms with Crippen molar-refractivity contribution >= 4 is 5.91 Å². The van der Waals surface area contributed by atoms with Crippen molar-refractivity contribution in [2.24, 2.45) is 5.41 Å². The van der Waals surface area contributed by atoms with Crippen LogP contribution in [0.25, 0.3) is 0 Å². The van der Waals surface area contributed by atoms with E-state index in [1.807, 2.05) is 29.2 Å². The number of hydrogen-bond donors (Lipinski definition) is 2. The van der Waals surface area contributed by atoms with Gasteiger partial charge in [0.1, 0.15) is 5.75 Å². The Bertz CT molecular complexity index is 597. The van der Waals surface area contributed by atoms with Crippen LogP contribution >= 0.6 is 0 Å². The van der Waals surface area contributed by atoms with Crippen LogP contribution in [0.2, 0.25) is 0 Å². The van der Waals surface area contributed by atoms with Crippen LogP contribution in [0.15, 0.2) is 24.3 Å². The van der Waals surface area contributed by atoms with Gasteiger partial charge in [-0.15, -0.1) is 0 Å². The van der Waals surface area contributed by atoms with Gasteiger partial charge in [0.2, 0.25) is 5.91 Å². The number of aliphatic hydroxyl groups excluding tert-OH is 2. The average Bonchev–Trinajstić information content (AvgIpc) is 2.65. The van der Waals surface area contributed by atoms with E-state index in [2.05, 4.69) is 0 Å². The second-order valence-electron chi connectivity index (χ2n) is 6.98. The van der Waals surface area contributed by atoms with Gasteiger partial charge in [-0.1, -0.05) is 12.1 Å². The Morgan fingerprint density at radius 2 is 2.12 bits per heavy atom. The lowest BCUT2D eigenvalue weighted by atomic mass is 9.58. The molecule has 2 unspecified atom stereocenters. The van der Waals surface area contributed by atoms with Gasteiger partial charge in [0, 0.05) is 24.9 Å². The number of hydrogen-bond acceptors (Lipinski definition) is 5. The summed E-state index contributed by atoms with van der Waals surface area (Å²) in [5.74, 6) is 0.856. The zero-order valence-electron chi connectivity index (χ0n) is 14.7. The predicted molar refractivity (Wildman–Crippen MR) is 92.4 cm³/mol. The van der Waals surface area contributed by atoms with E-state index in [0.717, 1.165) is 24.2 Å². The molecule has 25 heavy (non-hydrogen) atoms. The second kappa shape index (κ2) is 7.72. The topological polar surface area (TPSA) is 79.2 Å². The van der Waals surface area contributed by atoms with Crippen molar-refractivity contribution in [1.82, 2.24) is 4.90 Å². The first-order valence-corrected chi connectivity index (χ1v) is 8.90. The van der Waals surface area contributed by atoms with Crippen LogP contribution in [-0.2, 0) is 16.0 Å². The standard InChI is InChI=1S/C19H27NO5/c1-24-15-4-2-3-14(11-15)12-18(23)20-7-5-19(6-8-20)16(22)13-17(19)25-10-9-21/h2-4,11,16-17,21-22H,5-10,12-13H2,1H3. The van der Waals surface area contributed by atoms with Crippen molar-refractivity contribution in [2.75, 3.05) is 33.4 Å². The van der Waals surface area contributed by atoms with Crippen LogP contribution in [0.4, 0.5) is 0 Å². The lowest BCUT2D eigenvalue weighted by molar-refractivity contribution is -0.213. The van der Waals surface area contributed by atoms with Gasteiger partial charge in [0.15, 0.2) is 0 Å². The quantitative estimate of drug-likeness (QED) is 0.801. The maximum Gasteiger partial charge on any atom is 0.226 e. The van der Waals surface area contributed by atoms with Crippen molar-refractivity contribution in [3.63, 3.8) is 0 Å². The predicted octanol–water partition coefficient (Wildman–Crippen LogP) is 0.989. The molecule has 1 heterocycles. The first-order valence-electron chi connectivity index (χ1n) is 8.90. The number of aliphatic hydroxyl groups is 2. The molecule has 1 aliphatic carbocycles. The van der Waals surface area contributed by atoms with E-state index in [1.165, 1.54) is 0 Å². The number of methoxy groups -OCH3 is 1. The van der Waals surface area contributed by atoms with Gasteiger partial charge in [-0.3, -0.25) is 4.79 Å². The molecule has 2 fully saturated rings. The van der Waals surface area contributed by atoms with Gasteiger partial charge in [-0.2, -0.15) is 0 Å². The first kappa shape index (κ1) is 18.2. The van der Waals surface area contributed by atoms with Gasteiger partial charge in [-0.25, -0.2) is 0 Å². The van der Waals surface area contributed by atoms with Gasteiger partial charge in [-0.05, 0) is 30.5 Å². The van der Waals surface area contributed by atoms with Crippen LogP contribution in [0, 0.1) is 5.41 Å². The SMILES string of the molecule is COc1cccc(CC(=O)N2CCC3(CC2)C(O)CC3OCCO)c1. The molecule has 2 atom stereocenters. The molecule has 1 saturated heterocycles. The lowest BCUT2D eigenvalue weighted by Gasteiger charge is -2.56. The monoisotopic (exact) mass is 349 g/mol. The Balaban J connectivity index is 1.55. The number of nitrogens with zero attached hydrogens (tertiary/aromatic N) is 1. The van der Waals surface area contributed by atoms with E-state index in [4.69, 9.17) is 14.6 Å². The van der Waals surface area contributed by atoms with Crippen molar-refractivity contribution in [3.05, 3.63) is 29.8 Å². The maximum absolute atomic E-state index is 12.6. The van der Waals surface area contributed by atoms with Crippen LogP contribution in [-0.4, -0.2) is 66.6 Å². The molecule has 2 aliphatic rings. The third-order valence-electron chi connectivity index (χ3n) is 5.69. The second-order valence-corrected chi connectivity index (χ2v) is 6.98. The molecule has 1 aliphatic heterocycles. The summed E-state index contributed by atoms with van der Waals surface area (Å²) in [5.41, 5.74) is 0.694. The molecular formula is C19H27NO5. The zero-order chi connectivity index (χ0) is 17.9. The summed E-state index contributed by atoms with van der Waals surface area (Å²) in [5, 5.41) is 19.2. The minimum Gasteiger partial charge on any atom is -0.497 e. The van der Waals surface area contributed by atoms with Crippen molar-refractivity contribution < 1.29 is 24.5 Å². The lowest BCUT2D eigenvalue weighted by Crippen LogP contribution is -2.63. The molecule has 0 bridgehead atoms. The summed E-state index contributed by atoms with van der Waals surface area (Å²) >= 11 is 0. The fourth-order valence-electron chi connectivity index (χ4n) is 4.05. The first-order chi connectivity index (χ1) is 12.1. The van der Waals surface area contributed by atoms with E-state index in [0.29, 0.717) is 32.5 Å². The molecule has 138 valence electrons. The van der Waals surface area contributed by atoms with E-state index in [1.54, 1.807) is 7.11 Å². The highest BCUT2D eigenvalue weighted by Gasteiger charge is 2.56. The Morgan fingerprint density at radius 3 is 2.76 bits per heavy atom. The van der Waals surface area contributed by atoms with Gasteiger partial charge in [0.25, 0.3) is 0 Å². The highest BCUT2D eigenvalue weighted by Crippen LogP contribution is 2.50. The highest BCUT2D eigenvalue weighted by atomic mass is 16.5. The number of ether oxygens (including phenoxy) is 2. The van der Waals surface area contributed by atoms with E-state index in [-0.39, 0.29) is 30.1 Å². The molecule has 1 amide bonds. The number of piperidine rings is 1. The maximum atomic E-state index is 12.6. The van der Waals surface area contributed by atoms with E-state index in [9.17, 15) is 9.90 Å². The van der Waals surface area contributed by atoms with Crippen LogP contribution in [0.5, 0.6) is 5.75 Å². The number of carbonyl (C=O) groups is 1. The summed E-state index contributed by atoms with van der Waals surface area (Å²) < 4.78 is 10.9. The Kier molecular flexibility index (Phi) is 5.61. The molecule has 2 N–H and O–H groups in total. The molecule has 6 nitrogen and oxygen atoms in total. The van der Waals surface area contributed by atoms with Crippen LogP contribution < -0.4 is 4.74 Å². The number of benzene rings is 1. The van der Waals surface area contributed by atoms with Crippen molar-refractivity contribution in [1.29, 1.82) is 0 Å². The fraction of sp³-hybridized carbons (Fsp3) is 0.632. The number of likely N-dealkylation sites (tertiary alicyclic amines) is 1. The zero-order valence-corrected chi connectivity index (χ0v) is 14.7. The Labute approximate surface area is 148 Å². The molecule has 6 heteroatoms. The molecule has 1 spiro atoms. The molecule has 1 aromatic rings. The minimum atomic E-state index is -0.369. The molecule has 0 radical (unpaired) electrons. The fourth-order valence-corrected chi connectivity index (χ4v) is 4.05. The average molecular weight is 349 g/mol. The molecule has 1 aromatic carbocycles. The van der Waals surface area contributed by atoms with E-state index >= 15 is 0 Å². The summed E-state index contributed by atoms with van der Waals surface area (Å²) in [6.45, 7) is 1.57. The third-order valence-corrected chi connectivity index (χ3v) is 5.69. The molecular weight excluding hydrogens is 322 g/mol. The minimum absolute atomic E-state index is 0.00613. The number of carbonyl (C=O) groups excluding carboxylic acids is 1. The summed E-state index contributed by atoms with van der Waals surface area (Å²) in [4.78, 5) is 14.5. The van der Waals surface area contributed by atoms with Crippen LogP contribution in [0.1, 0.15) is 24.8 Å². The smallest absolute Gasteiger partial charge is 0.226 e.